The molecule has 22 rings (SSSR count). The molecule has 0 saturated carbocycles. The van der Waals surface area contributed by atoms with Gasteiger partial charge in [0, 0.05) is 161 Å². The number of nitriles is 2. The van der Waals surface area contributed by atoms with Crippen molar-refractivity contribution < 1.29 is 60.3 Å². The van der Waals surface area contributed by atoms with Crippen LogP contribution in [-0.4, -0.2) is 55.0 Å². The van der Waals surface area contributed by atoms with Crippen molar-refractivity contribution in [1.82, 2.24) is 34.9 Å². The van der Waals surface area contributed by atoms with E-state index in [1.54, 1.807) is 61.4 Å². The van der Waals surface area contributed by atoms with Crippen LogP contribution in [0.25, 0.3) is 11.3 Å². The van der Waals surface area contributed by atoms with E-state index < -0.39 is 0 Å². The van der Waals surface area contributed by atoms with Crippen LogP contribution in [0.1, 0.15) is 101 Å². The maximum Gasteiger partial charge on any atom is 0.145 e. The van der Waals surface area contributed by atoms with Gasteiger partial charge in [-0.25, -0.2) is 45.4 Å². The number of hydrogen-bond donors (Lipinski definition) is 0. The Labute approximate surface area is 833 Å². The molecule has 0 fully saturated rings. The van der Waals surface area contributed by atoms with Crippen molar-refractivity contribution in [3.05, 3.63) is 439 Å². The monoisotopic (exact) mass is 2300 g/mol. The van der Waals surface area contributed by atoms with Gasteiger partial charge in [0.1, 0.15) is 40.7 Å². The molecule has 10 heterocycles. The van der Waals surface area contributed by atoms with Gasteiger partial charge in [0.05, 0.1) is 5.69 Å². The second kappa shape index (κ2) is 44.9. The third-order valence-electron chi connectivity index (χ3n) is 22.5. The van der Waals surface area contributed by atoms with Crippen LogP contribution in [0.3, 0.4) is 0 Å². The molecule has 135 heavy (non-hydrogen) atoms. The molecule has 0 spiro atoms. The molecule has 0 bridgehead atoms. The molecular weight excluding hydrogens is 2200 g/mol. The molecule has 24 heteroatoms. The maximum absolute atomic E-state index is 8.79. The maximum atomic E-state index is 8.79. The summed E-state index contributed by atoms with van der Waals surface area (Å²) in [6.07, 6.45) is 10.2. The predicted molar refractivity (Wildman–Crippen MR) is 531 cm³/mol. The van der Waals surface area contributed by atoms with Gasteiger partial charge in [-0.2, -0.15) is 171 Å². The molecule has 6 aliphatic heterocycles. The van der Waals surface area contributed by atoms with Crippen molar-refractivity contribution in [3.63, 3.8) is 0 Å². The first kappa shape index (κ1) is 96.6. The first-order valence-corrected chi connectivity index (χ1v) is 43.7. The van der Waals surface area contributed by atoms with Gasteiger partial charge in [0.15, 0.2) is 0 Å². The van der Waals surface area contributed by atoms with Crippen molar-refractivity contribution in [1.29, 1.82) is 10.5 Å². The van der Waals surface area contributed by atoms with Gasteiger partial charge in [-0.3, -0.25) is 0 Å². The number of pyridine rings is 1. The summed E-state index contributed by atoms with van der Waals surface area (Å²) in [4.78, 5) is 56.9. The summed E-state index contributed by atoms with van der Waals surface area (Å²) in [5, 5.41) is 17.6. The summed E-state index contributed by atoms with van der Waals surface area (Å²) in [5.74, 6) is 7.20. The fourth-order valence-corrected chi connectivity index (χ4v) is 15.9. The Bertz CT molecular complexity index is 6000. The average Bonchev–Trinajstić information content (AvgIpc) is 1.63. The summed E-state index contributed by atoms with van der Waals surface area (Å²) in [6, 6.07) is 122. The van der Waals surface area contributed by atoms with Crippen molar-refractivity contribution in [2.75, 3.05) is 72.9 Å². The van der Waals surface area contributed by atoms with Crippen LogP contribution in [0.15, 0.2) is 334 Å². The Morgan fingerprint density at radius 2 is 0.600 bits per heavy atom. The summed E-state index contributed by atoms with van der Waals surface area (Å²) >= 11 is 0. The van der Waals surface area contributed by atoms with Crippen LogP contribution in [0.2, 0.25) is 0 Å². The minimum absolute atomic E-state index is 0. The molecule has 21 nitrogen and oxygen atoms in total. The molecule has 12 aromatic carbocycles. The summed E-state index contributed by atoms with van der Waals surface area (Å²) in [7, 11) is 4.03. The quantitative estimate of drug-likeness (QED) is 0.0938. The van der Waals surface area contributed by atoms with Gasteiger partial charge in [-0.15, -0.1) is 72.9 Å². The Morgan fingerprint density at radius 1 is 0.289 bits per heavy atom. The minimum Gasteiger partial charge on any atom is -0.504 e. The van der Waals surface area contributed by atoms with Crippen LogP contribution < -0.4 is 58.8 Å². The van der Waals surface area contributed by atoms with Crippen LogP contribution in [0.4, 0.5) is 120 Å². The fourth-order valence-electron chi connectivity index (χ4n) is 15.9. The van der Waals surface area contributed by atoms with E-state index in [0.29, 0.717) is 34.9 Å². The Hall–Kier alpha value is -14.4. The fraction of sp³-hybridized carbons (Fsp3) is 0.126. The molecule has 683 valence electrons. The zero-order valence-electron chi connectivity index (χ0n) is 75.9. The van der Waals surface area contributed by atoms with Crippen LogP contribution in [-0.2, 0) is 60.3 Å². The second-order valence-electron chi connectivity index (χ2n) is 32.6. The van der Waals surface area contributed by atoms with E-state index >= 15 is 0 Å². The third kappa shape index (κ3) is 21.4. The molecule has 0 saturated heterocycles. The number of aromatic nitrogens is 7. The Balaban J connectivity index is 0.000000131. The van der Waals surface area contributed by atoms with Gasteiger partial charge in [0.25, 0.3) is 0 Å². The van der Waals surface area contributed by atoms with E-state index in [9.17, 15) is 0 Å². The van der Waals surface area contributed by atoms with E-state index in [4.69, 9.17) is 15.5 Å². The van der Waals surface area contributed by atoms with Crippen LogP contribution >= 0.6 is 0 Å². The van der Waals surface area contributed by atoms with Gasteiger partial charge in [-0.1, -0.05) is 144 Å². The smallest absolute Gasteiger partial charge is 0.145 e. The average molecular weight is 2300 g/mol. The summed E-state index contributed by atoms with van der Waals surface area (Å²) < 4.78 is 0. The third-order valence-corrected chi connectivity index (χ3v) is 22.5. The van der Waals surface area contributed by atoms with Crippen LogP contribution in [0.5, 0.6) is 0 Å². The Morgan fingerprint density at radius 3 is 0.896 bits per heavy atom. The topological polar surface area (TPSA) is 177 Å². The standard InChI is InChI=1S/C30H37N3.3C17H12N4.2C15H11N3.3Ir/c1-19(2)23-16-25(20(3)4)29(26(17-23)21(5)6)27-14-15-28-30(31-27)33(18-32(28)22(7)8)24-12-10-9-11-13-24;3*1-3-7-14(8-4-1)20-13-21(15-9-5-2-6-10-15)17-16(20)18-11-12-19-17;2*1-17-11-18(15-5-3-2-4-14(15)17)13-8-6-12(10-16)7-9-13;;;/h9-12,14-22H,1-8H3;3*1-9,11-13H;2*2-8,11H,1H3;;;/q6*-2;;;. The molecule has 0 amide bonds. The van der Waals surface area contributed by atoms with Crippen LogP contribution in [0, 0.1) is 99.1 Å². The number of anilines is 21. The van der Waals surface area contributed by atoms with E-state index in [1.165, 1.54) is 22.3 Å². The molecule has 0 atom stereocenters. The number of nitrogens with zero attached hydrogens (tertiary/aromatic N) is 21. The predicted octanol–water partition coefficient (Wildman–Crippen LogP) is 25.6. The number of rotatable bonds is 14. The van der Waals surface area contributed by atoms with E-state index in [1.807, 2.05) is 289 Å². The van der Waals surface area contributed by atoms with Gasteiger partial charge < -0.3 is 58.8 Å². The normalized spacial score (nSPS) is 13.1. The molecule has 6 aliphatic rings. The van der Waals surface area contributed by atoms with E-state index in [-0.39, 0.29) is 60.3 Å². The zero-order valence-corrected chi connectivity index (χ0v) is 83.1. The van der Waals surface area contributed by atoms with Gasteiger partial charge in [-0.05, 0) is 141 Å². The number of para-hydroxylation sites is 11. The first-order chi connectivity index (χ1) is 64.6. The van der Waals surface area contributed by atoms with Gasteiger partial charge >= 0.3 is 0 Å². The SMILES string of the molecule is CC(C)c1cc(C(C)C)c(-c2ccc3c(n2)N(c2[c-]cccc2)[CH-]N3C(C)C)c(C(C)C)c1.CN1[CH-]N(c2[c-]cc(C#N)cc2)c2ccccc21.CN1[CH-]N(c2[c-]cc(C#N)cc2)c2ccccc21.[Ir].[Ir].[Ir].[c-]1ccccc1N1[CH-]N(c2ccccc2)c2nccnc21.[c-]1ccccc1N1[CH-]N(c2ccccc2)c2nccnc21.[c-]1ccccc1N1[CH-]N(c2ccccc2)c2nccnc21. The van der Waals surface area contributed by atoms with Crippen molar-refractivity contribution in [3.8, 4) is 23.4 Å². The molecule has 0 aliphatic carbocycles. The summed E-state index contributed by atoms with van der Waals surface area (Å²) in [6.45, 7) is 30.3. The van der Waals surface area contributed by atoms with Crippen molar-refractivity contribution >= 4 is 120 Å². The minimum atomic E-state index is 0. The second-order valence-corrected chi connectivity index (χ2v) is 32.6. The van der Waals surface area contributed by atoms with E-state index in [0.717, 1.165) is 126 Å². The number of benzene rings is 12. The first-order valence-electron chi connectivity index (χ1n) is 43.7. The number of fused-ring (bicyclic) bond motifs is 6. The molecule has 0 unspecified atom stereocenters. The molecule has 0 N–H and O–H groups in total. The number of hydrogen-bond acceptors (Lipinski definition) is 21. The van der Waals surface area contributed by atoms with E-state index in [2.05, 4.69) is 231 Å². The molecular formula is C111H95Ir3N21-12. The van der Waals surface area contributed by atoms with Gasteiger partial charge in [0.2, 0.25) is 0 Å². The largest absolute Gasteiger partial charge is 0.504 e. The summed E-state index contributed by atoms with van der Waals surface area (Å²) in [5.41, 5.74) is 22.4. The molecule has 3 radical (unpaired) electrons. The zero-order chi connectivity index (χ0) is 91.1. The van der Waals surface area contributed by atoms with Crippen molar-refractivity contribution in [2.45, 2.75) is 79.2 Å². The molecule has 4 aromatic heterocycles. The Kier molecular flexibility index (Phi) is 32.1. The van der Waals surface area contributed by atoms with Crippen molar-refractivity contribution in [2.24, 2.45) is 0 Å². The molecule has 16 aromatic rings.